The average molecular weight is 966 g/mol. The molecular weight excluding hydrogens is 907 g/mol. The van der Waals surface area contributed by atoms with Gasteiger partial charge in [0, 0.05) is 11.8 Å². The van der Waals surface area contributed by atoms with Crippen LogP contribution in [0.2, 0.25) is 0 Å². The van der Waals surface area contributed by atoms with Crippen LogP contribution in [0.1, 0.15) is 40.3 Å². The number of ether oxygens (including phenoxy) is 9. The molecule has 370 valence electrons. The first-order valence-corrected chi connectivity index (χ1v) is 23.7. The zero-order chi connectivity index (χ0) is 49.2. The third-order valence-corrected chi connectivity index (χ3v) is 12.3. The lowest BCUT2D eigenvalue weighted by atomic mass is 9.83. The van der Waals surface area contributed by atoms with Gasteiger partial charge in [-0.15, -0.1) is 0 Å². The van der Waals surface area contributed by atoms with Crippen molar-refractivity contribution in [1.82, 2.24) is 0 Å². The minimum Gasteiger partial charge on any atom is -0.508 e. The fourth-order valence-corrected chi connectivity index (χ4v) is 8.76. The standard InChI is InChI=1S/C56H59N3O12/c1-38(60)69-54-51(66-34-42-23-13-5-14-24-42)50(65-33-41-21-11-4-12-22-41)52(67-35-43-25-15-6-16-26-43)55(53(54)68-36-44-27-29-45(61)30-28-44)71-56-47(58-59-57)49(64-32-40-19-9-3-10-20-40)48(62)46(70-56)37-63-31-39-17-7-2-8-18-39/h2-30,46-56,61-62H,31-37H2,1H3/t46-,47-,48-,49-,50-,51-,52+,53-,54-,55-,56-/m1/s1. The Morgan fingerprint density at radius 3 is 1.31 bits per heavy atom. The lowest BCUT2D eigenvalue weighted by molar-refractivity contribution is -0.337. The van der Waals surface area contributed by atoms with Gasteiger partial charge in [0.15, 0.2) is 12.4 Å². The molecule has 15 nitrogen and oxygen atoms in total. The van der Waals surface area contributed by atoms with E-state index in [0.29, 0.717) is 5.56 Å². The molecule has 0 amide bonds. The van der Waals surface area contributed by atoms with Crippen LogP contribution in [0.15, 0.2) is 181 Å². The maximum atomic E-state index is 13.4. The van der Waals surface area contributed by atoms with Crippen LogP contribution in [0.4, 0.5) is 0 Å². The van der Waals surface area contributed by atoms with Crippen molar-refractivity contribution in [2.24, 2.45) is 5.11 Å². The molecule has 1 saturated heterocycles. The van der Waals surface area contributed by atoms with Crippen molar-refractivity contribution in [3.8, 4) is 5.75 Å². The highest BCUT2D eigenvalue weighted by Gasteiger charge is 2.58. The van der Waals surface area contributed by atoms with Crippen LogP contribution in [-0.2, 0) is 87.1 Å². The summed E-state index contributed by atoms with van der Waals surface area (Å²) in [7, 11) is 0. The SMILES string of the molecule is CC(=O)O[C@@H]1[C@H](OCc2ccccc2)[C@@H](OCc2ccccc2)[C@H](OCc2ccccc2)[C@@H](O[C@H]2O[C@H](COCc3ccccc3)[C@@H](O)[C@H](OCc3ccccc3)[C@H]2N=[N+]=[N-])[C@@H]1OCc1ccc(O)cc1. The smallest absolute Gasteiger partial charge is 0.303 e. The van der Waals surface area contributed by atoms with Gasteiger partial charge >= 0.3 is 5.97 Å². The van der Waals surface area contributed by atoms with Crippen LogP contribution in [0.3, 0.4) is 0 Å². The molecule has 2 N–H and O–H groups in total. The van der Waals surface area contributed by atoms with Gasteiger partial charge in [0.2, 0.25) is 0 Å². The van der Waals surface area contributed by atoms with Crippen molar-refractivity contribution in [3.05, 3.63) is 220 Å². The summed E-state index contributed by atoms with van der Waals surface area (Å²) in [6, 6.07) is 53.0. The van der Waals surface area contributed by atoms with Crippen molar-refractivity contribution in [2.45, 2.75) is 114 Å². The van der Waals surface area contributed by atoms with Gasteiger partial charge < -0.3 is 52.8 Å². The van der Waals surface area contributed by atoms with E-state index in [1.165, 1.54) is 6.92 Å². The van der Waals surface area contributed by atoms with Crippen molar-refractivity contribution in [2.75, 3.05) is 6.61 Å². The Morgan fingerprint density at radius 1 is 0.521 bits per heavy atom. The van der Waals surface area contributed by atoms with Gasteiger partial charge in [0.1, 0.15) is 54.5 Å². The molecule has 0 bridgehead atoms. The number of benzene rings is 6. The predicted octanol–water partition coefficient (Wildman–Crippen LogP) is 8.93. The van der Waals surface area contributed by atoms with Crippen LogP contribution in [0.25, 0.3) is 10.4 Å². The van der Waals surface area contributed by atoms with Gasteiger partial charge in [-0.3, -0.25) is 4.79 Å². The van der Waals surface area contributed by atoms with Crippen molar-refractivity contribution >= 4 is 5.97 Å². The number of aliphatic hydroxyl groups excluding tert-OH is 1. The molecule has 0 aromatic heterocycles. The van der Waals surface area contributed by atoms with Gasteiger partial charge in [-0.2, -0.15) is 0 Å². The number of carbonyl (C=O) groups excluding carboxylic acids is 1. The number of rotatable bonds is 23. The molecule has 2 aliphatic rings. The van der Waals surface area contributed by atoms with E-state index in [-0.39, 0.29) is 52.0 Å². The minimum absolute atomic E-state index is 0.0439. The highest BCUT2D eigenvalue weighted by atomic mass is 16.7. The quantitative estimate of drug-likeness (QED) is 0.0269. The number of hydrogen-bond donors (Lipinski definition) is 2. The van der Waals surface area contributed by atoms with Crippen LogP contribution in [0.5, 0.6) is 5.75 Å². The molecule has 1 heterocycles. The van der Waals surface area contributed by atoms with Crippen LogP contribution < -0.4 is 0 Å². The van der Waals surface area contributed by atoms with Crippen molar-refractivity contribution in [1.29, 1.82) is 0 Å². The Hall–Kier alpha value is -6.46. The molecule has 11 atom stereocenters. The fourth-order valence-electron chi connectivity index (χ4n) is 8.76. The zero-order valence-corrected chi connectivity index (χ0v) is 39.4. The zero-order valence-electron chi connectivity index (χ0n) is 39.4. The predicted molar refractivity (Wildman–Crippen MR) is 261 cm³/mol. The number of azide groups is 1. The summed E-state index contributed by atoms with van der Waals surface area (Å²) in [5, 5.41) is 26.4. The first kappa shape index (κ1) is 50.9. The Kier molecular flexibility index (Phi) is 18.7. The second kappa shape index (κ2) is 26.1. The molecule has 0 radical (unpaired) electrons. The summed E-state index contributed by atoms with van der Waals surface area (Å²) in [4.78, 5) is 16.6. The summed E-state index contributed by atoms with van der Waals surface area (Å²) >= 11 is 0. The highest BCUT2D eigenvalue weighted by Crippen LogP contribution is 2.39. The Bertz CT molecular complexity index is 2540. The third kappa shape index (κ3) is 14.3. The van der Waals surface area contributed by atoms with Crippen molar-refractivity contribution in [3.63, 3.8) is 0 Å². The maximum Gasteiger partial charge on any atom is 0.303 e. The van der Waals surface area contributed by atoms with E-state index in [1.807, 2.05) is 152 Å². The minimum atomic E-state index is -1.44. The van der Waals surface area contributed by atoms with Crippen LogP contribution >= 0.6 is 0 Å². The fraction of sp³-hybridized carbons (Fsp3) is 0.339. The van der Waals surface area contributed by atoms with E-state index in [4.69, 9.17) is 42.6 Å². The van der Waals surface area contributed by atoms with E-state index in [0.717, 1.165) is 27.8 Å². The molecule has 6 aromatic rings. The molecule has 15 heteroatoms. The lowest BCUT2D eigenvalue weighted by Crippen LogP contribution is -2.69. The number of phenolic OH excluding ortho intramolecular Hbond substituents is 1. The largest absolute Gasteiger partial charge is 0.508 e. The summed E-state index contributed by atoms with van der Waals surface area (Å²) in [6.07, 6.45) is -11.8. The normalized spacial score (nSPS) is 25.2. The van der Waals surface area contributed by atoms with E-state index < -0.39 is 73.2 Å². The monoisotopic (exact) mass is 965 g/mol. The first-order chi connectivity index (χ1) is 34.8. The van der Waals surface area contributed by atoms with Gasteiger partial charge in [0.05, 0.1) is 52.4 Å². The van der Waals surface area contributed by atoms with Crippen molar-refractivity contribution < 1.29 is 57.6 Å². The summed E-state index contributed by atoms with van der Waals surface area (Å²) in [5.74, 6) is -0.556. The molecular formula is C56H59N3O12. The molecule has 71 heavy (non-hydrogen) atoms. The van der Waals surface area contributed by atoms with E-state index in [9.17, 15) is 20.5 Å². The molecule has 0 spiro atoms. The van der Waals surface area contributed by atoms with E-state index in [1.54, 1.807) is 24.3 Å². The lowest BCUT2D eigenvalue weighted by Gasteiger charge is -2.51. The molecule has 2 fully saturated rings. The first-order valence-electron chi connectivity index (χ1n) is 23.7. The summed E-state index contributed by atoms with van der Waals surface area (Å²) in [5.41, 5.74) is 15.1. The number of aromatic hydroxyl groups is 1. The van der Waals surface area contributed by atoms with Gasteiger partial charge in [0.25, 0.3) is 0 Å². The van der Waals surface area contributed by atoms with Gasteiger partial charge in [-0.25, -0.2) is 0 Å². The summed E-state index contributed by atoms with van der Waals surface area (Å²) in [6.45, 7) is 1.71. The molecule has 1 saturated carbocycles. The molecule has 8 rings (SSSR count). The second-order valence-electron chi connectivity index (χ2n) is 17.4. The molecule has 0 unspecified atom stereocenters. The van der Waals surface area contributed by atoms with Gasteiger partial charge in [-0.1, -0.05) is 169 Å². The second-order valence-corrected chi connectivity index (χ2v) is 17.4. The summed E-state index contributed by atoms with van der Waals surface area (Å²) < 4.78 is 60.5. The van der Waals surface area contributed by atoms with Crippen LogP contribution in [-0.4, -0.2) is 90.1 Å². The van der Waals surface area contributed by atoms with Gasteiger partial charge in [-0.05, 0) is 51.0 Å². The number of aliphatic hydroxyl groups is 1. The maximum absolute atomic E-state index is 13.4. The molecule has 1 aliphatic carbocycles. The van der Waals surface area contributed by atoms with E-state index >= 15 is 0 Å². The number of esters is 1. The number of hydrogen-bond acceptors (Lipinski definition) is 13. The molecule has 1 aliphatic heterocycles. The number of carbonyl (C=O) groups is 1. The third-order valence-electron chi connectivity index (χ3n) is 12.3. The number of nitrogens with zero attached hydrogens (tertiary/aromatic N) is 3. The number of phenols is 1. The van der Waals surface area contributed by atoms with Crippen LogP contribution in [0, 0.1) is 0 Å². The Balaban J connectivity index is 1.23. The molecule has 6 aromatic carbocycles. The Labute approximate surface area is 413 Å². The topological polar surface area (TPSA) is 189 Å². The van der Waals surface area contributed by atoms with E-state index in [2.05, 4.69) is 10.0 Å². The highest BCUT2D eigenvalue weighted by molar-refractivity contribution is 5.66. The Morgan fingerprint density at radius 2 is 0.887 bits per heavy atom. The average Bonchev–Trinajstić information content (AvgIpc) is 3.40.